The second-order valence-electron chi connectivity index (χ2n) is 20.9. The summed E-state index contributed by atoms with van der Waals surface area (Å²) in [5, 5.41) is 6.15. The van der Waals surface area contributed by atoms with E-state index in [0.29, 0.717) is 11.4 Å². The largest absolute Gasteiger partial charge is 0.306 e. The van der Waals surface area contributed by atoms with Crippen molar-refractivity contribution in [3.05, 3.63) is 262 Å². The molecule has 76 heavy (non-hydrogen) atoms. The van der Waals surface area contributed by atoms with E-state index in [-0.39, 0.29) is 11.6 Å². The highest BCUT2D eigenvalue weighted by atomic mass is 19.1. The molecule has 0 saturated carbocycles. The molecule has 0 saturated heterocycles. The van der Waals surface area contributed by atoms with Crippen LogP contribution < -0.4 is 9.80 Å². The Kier molecular flexibility index (Phi) is 12.1. The summed E-state index contributed by atoms with van der Waals surface area (Å²) in [6.45, 7) is 16.7. The number of anilines is 6. The van der Waals surface area contributed by atoms with E-state index in [1.165, 1.54) is 0 Å². The molecule has 0 aliphatic heterocycles. The number of rotatable bonds is 10. The number of nitrogens with zero attached hydrogens (tertiary/aromatic N) is 2. The molecule has 12 aromatic rings. The fourth-order valence-electron chi connectivity index (χ4n) is 11.6. The molecule has 0 atom stereocenters. The van der Waals surface area contributed by atoms with Gasteiger partial charge in [0.1, 0.15) is 11.6 Å². The lowest BCUT2D eigenvalue weighted by atomic mass is 9.90. The van der Waals surface area contributed by atoms with E-state index in [2.05, 4.69) is 259 Å². The average Bonchev–Trinajstić information content (AvgIpc) is 3.46. The van der Waals surface area contributed by atoms with E-state index >= 15 is 8.78 Å². The molecule has 0 N–H and O–H groups in total. The molecular weight excluding hydrogens is 931 g/mol. The smallest absolute Gasteiger partial charge is 0.148 e. The third-order valence-corrected chi connectivity index (χ3v) is 15.5. The molecule has 2 nitrogen and oxygen atoms in total. The van der Waals surface area contributed by atoms with Crippen molar-refractivity contribution in [2.45, 2.75) is 55.4 Å². The molecule has 0 spiro atoms. The van der Waals surface area contributed by atoms with Crippen LogP contribution >= 0.6 is 0 Å². The maximum atomic E-state index is 18.1. The molecule has 12 aromatic carbocycles. The Labute approximate surface area is 445 Å². The molecule has 0 aliphatic carbocycles. The van der Waals surface area contributed by atoms with E-state index in [4.69, 9.17) is 0 Å². The predicted molar refractivity (Wildman–Crippen MR) is 319 cm³/mol. The van der Waals surface area contributed by atoms with Crippen LogP contribution in [0.2, 0.25) is 0 Å². The fourth-order valence-corrected chi connectivity index (χ4v) is 11.6. The number of halogens is 2. The Bertz CT molecular complexity index is 3880. The third-order valence-electron chi connectivity index (χ3n) is 15.5. The lowest BCUT2D eigenvalue weighted by Gasteiger charge is -2.33. The van der Waals surface area contributed by atoms with Crippen LogP contribution in [0.5, 0.6) is 0 Å². The van der Waals surface area contributed by atoms with Crippen LogP contribution in [-0.4, -0.2) is 0 Å². The van der Waals surface area contributed by atoms with Crippen molar-refractivity contribution in [1.29, 1.82) is 0 Å². The Morgan fingerprint density at radius 2 is 0.579 bits per heavy atom. The lowest BCUT2D eigenvalue weighted by molar-refractivity contribution is 0.629. The first-order chi connectivity index (χ1) is 36.8. The number of aryl methyl sites for hydroxylation is 8. The van der Waals surface area contributed by atoms with E-state index in [1.54, 1.807) is 12.1 Å². The van der Waals surface area contributed by atoms with E-state index in [1.807, 2.05) is 0 Å². The number of para-hydroxylation sites is 2. The molecule has 0 radical (unpaired) electrons. The van der Waals surface area contributed by atoms with Gasteiger partial charge in [0.25, 0.3) is 0 Å². The number of benzene rings is 12. The molecule has 12 rings (SSSR count). The first kappa shape index (κ1) is 48.1. The summed E-state index contributed by atoms with van der Waals surface area (Å²) in [5.41, 5.74) is 20.1. The zero-order chi connectivity index (χ0) is 52.5. The van der Waals surface area contributed by atoms with E-state index in [0.717, 1.165) is 144 Å². The fraction of sp³-hybridized carbons (Fsp3) is 0.111. The Morgan fingerprint density at radius 3 is 0.908 bits per heavy atom. The third kappa shape index (κ3) is 8.35. The van der Waals surface area contributed by atoms with Gasteiger partial charge in [-0.15, -0.1) is 0 Å². The molecule has 0 fully saturated rings. The van der Waals surface area contributed by atoms with Crippen LogP contribution in [-0.2, 0) is 0 Å². The number of hydrogen-bond acceptors (Lipinski definition) is 2. The highest BCUT2D eigenvalue weighted by Crippen LogP contribution is 2.53. The van der Waals surface area contributed by atoms with Crippen LogP contribution in [0, 0.1) is 67.0 Å². The molecule has 0 aliphatic rings. The van der Waals surface area contributed by atoms with Gasteiger partial charge in [-0.25, -0.2) is 8.78 Å². The van der Waals surface area contributed by atoms with Gasteiger partial charge in [0.05, 0.1) is 34.1 Å². The maximum Gasteiger partial charge on any atom is 0.148 e. The molecular formula is C72H58F2N2. The van der Waals surface area contributed by atoms with E-state index < -0.39 is 0 Å². The standard InChI is InChI=1S/C72H58F2N2/c1-43-15-23-51(24-16-43)57-39-61(53-27-19-45(3)20-28-53)71(63(73)41-57)75(69-47(5)11-9-12-48(69)6)65-37-33-55-32-36-60-66(38-34-56-31-35-59(65)67(55)68(56)60)76(70-49(7)13-10-14-50(70)8)72-62(54-29-21-46(4)22-30-54)40-58(42-64(72)74)52-25-17-44(2)18-26-52/h9-42H,1-8H3. The van der Waals surface area contributed by atoms with Crippen molar-refractivity contribution < 1.29 is 8.78 Å². The molecule has 4 heteroatoms. The highest BCUT2D eigenvalue weighted by Gasteiger charge is 2.30. The van der Waals surface area contributed by atoms with Gasteiger partial charge in [-0.1, -0.05) is 192 Å². The average molecular weight is 989 g/mol. The number of hydrogen-bond donors (Lipinski definition) is 0. The summed E-state index contributed by atoms with van der Waals surface area (Å²) in [7, 11) is 0. The van der Waals surface area contributed by atoms with Gasteiger partial charge in [-0.3, -0.25) is 0 Å². The van der Waals surface area contributed by atoms with Crippen LogP contribution in [0.3, 0.4) is 0 Å². The Morgan fingerprint density at radius 1 is 0.276 bits per heavy atom. The monoisotopic (exact) mass is 988 g/mol. The van der Waals surface area contributed by atoms with Crippen molar-refractivity contribution in [2.24, 2.45) is 0 Å². The van der Waals surface area contributed by atoms with Gasteiger partial charge >= 0.3 is 0 Å². The van der Waals surface area contributed by atoms with Gasteiger partial charge in [-0.2, -0.15) is 0 Å². The molecule has 0 heterocycles. The van der Waals surface area contributed by atoms with Crippen LogP contribution in [0.15, 0.2) is 206 Å². The predicted octanol–water partition coefficient (Wildman–Crippen LogP) is 20.9. The van der Waals surface area contributed by atoms with Crippen molar-refractivity contribution in [2.75, 3.05) is 9.80 Å². The SMILES string of the molecule is Cc1ccc(-c2cc(F)c(N(c3c(C)cccc3C)c3ccc4ccc5c(N(c6c(C)cccc6C)c6c(F)cc(-c7ccc(C)cc7)cc6-c6ccc(C)cc6)ccc6ccc3c4c65)c(-c3ccc(C)cc3)c2)cc1. The van der Waals surface area contributed by atoms with Crippen molar-refractivity contribution >= 4 is 66.4 Å². The second-order valence-corrected chi connectivity index (χ2v) is 20.9. The van der Waals surface area contributed by atoms with Crippen molar-refractivity contribution in [3.8, 4) is 44.5 Å². The van der Waals surface area contributed by atoms with Gasteiger partial charge in [-0.05, 0) is 169 Å². The van der Waals surface area contributed by atoms with Crippen molar-refractivity contribution in [1.82, 2.24) is 0 Å². The second kappa shape index (κ2) is 19.1. The first-order valence-electron chi connectivity index (χ1n) is 26.2. The van der Waals surface area contributed by atoms with Gasteiger partial charge in [0.2, 0.25) is 0 Å². The summed E-state index contributed by atoms with van der Waals surface area (Å²) in [6.07, 6.45) is 0. The zero-order valence-corrected chi connectivity index (χ0v) is 44.3. The zero-order valence-electron chi connectivity index (χ0n) is 44.3. The maximum absolute atomic E-state index is 18.1. The van der Waals surface area contributed by atoms with Crippen molar-refractivity contribution in [3.63, 3.8) is 0 Å². The van der Waals surface area contributed by atoms with Gasteiger partial charge < -0.3 is 9.80 Å². The van der Waals surface area contributed by atoms with Crippen LogP contribution in [0.1, 0.15) is 44.5 Å². The first-order valence-corrected chi connectivity index (χ1v) is 26.2. The minimum Gasteiger partial charge on any atom is -0.306 e. The molecule has 0 unspecified atom stereocenters. The lowest BCUT2D eigenvalue weighted by Crippen LogP contribution is -2.17. The minimum atomic E-state index is -0.326. The summed E-state index contributed by atoms with van der Waals surface area (Å²) in [5.74, 6) is -0.651. The summed E-state index contributed by atoms with van der Waals surface area (Å²) >= 11 is 0. The van der Waals surface area contributed by atoms with Crippen LogP contribution in [0.25, 0.3) is 76.8 Å². The molecule has 370 valence electrons. The van der Waals surface area contributed by atoms with Gasteiger partial charge in [0, 0.05) is 21.9 Å². The molecule has 0 aromatic heterocycles. The molecule has 0 bridgehead atoms. The summed E-state index contributed by atoms with van der Waals surface area (Å²) < 4.78 is 36.2. The quantitative estimate of drug-likeness (QED) is 0.126. The topological polar surface area (TPSA) is 6.48 Å². The Hall–Kier alpha value is -8.86. The van der Waals surface area contributed by atoms with E-state index in [9.17, 15) is 0 Å². The van der Waals surface area contributed by atoms with Crippen LogP contribution in [0.4, 0.5) is 42.9 Å². The Balaban J connectivity index is 1.15. The highest BCUT2D eigenvalue weighted by molar-refractivity contribution is 6.28. The summed E-state index contributed by atoms with van der Waals surface area (Å²) in [6, 6.07) is 71.1. The summed E-state index contributed by atoms with van der Waals surface area (Å²) in [4.78, 5) is 4.34. The van der Waals surface area contributed by atoms with Gasteiger partial charge in [0.15, 0.2) is 0 Å². The minimum absolute atomic E-state index is 0.326. The molecule has 0 amide bonds. The normalized spacial score (nSPS) is 11.6.